The van der Waals surface area contributed by atoms with Crippen molar-refractivity contribution in [2.45, 2.75) is 6.18 Å². The number of nitrogen functional groups attached to an aromatic ring is 1. The molecule has 3 rings (SSSR count). The molecule has 1 aliphatic rings. The van der Waals surface area contributed by atoms with Crippen molar-refractivity contribution in [1.82, 2.24) is 9.88 Å². The number of aromatic nitrogens is 1. The van der Waals surface area contributed by atoms with E-state index < -0.39 is 17.6 Å². The van der Waals surface area contributed by atoms with Crippen LogP contribution >= 0.6 is 11.6 Å². The van der Waals surface area contributed by atoms with E-state index in [1.165, 1.54) is 29.3 Å². The first kappa shape index (κ1) is 18.3. The van der Waals surface area contributed by atoms with Crippen LogP contribution in [0, 0.1) is 0 Å². The van der Waals surface area contributed by atoms with Gasteiger partial charge in [-0.05, 0) is 18.2 Å². The molecular formula is C17H16ClF3N4O. The van der Waals surface area contributed by atoms with Crippen LogP contribution in [-0.4, -0.2) is 42.0 Å². The number of piperazine rings is 1. The van der Waals surface area contributed by atoms with Crippen molar-refractivity contribution in [3.8, 4) is 0 Å². The van der Waals surface area contributed by atoms with Crippen molar-refractivity contribution >= 4 is 29.0 Å². The molecule has 138 valence electrons. The summed E-state index contributed by atoms with van der Waals surface area (Å²) in [6, 6.07) is 6.40. The number of anilines is 2. The highest BCUT2D eigenvalue weighted by Crippen LogP contribution is 2.33. The van der Waals surface area contributed by atoms with Gasteiger partial charge in [0.15, 0.2) is 0 Å². The van der Waals surface area contributed by atoms with Gasteiger partial charge in [0.25, 0.3) is 5.91 Å². The normalized spacial score (nSPS) is 15.2. The Morgan fingerprint density at radius 3 is 2.42 bits per heavy atom. The van der Waals surface area contributed by atoms with E-state index >= 15 is 0 Å². The van der Waals surface area contributed by atoms with Gasteiger partial charge in [0.2, 0.25) is 0 Å². The predicted octanol–water partition coefficient (Wildman–Crippen LogP) is 3.30. The predicted molar refractivity (Wildman–Crippen MR) is 93.2 cm³/mol. The van der Waals surface area contributed by atoms with E-state index in [1.54, 1.807) is 6.07 Å². The number of pyridine rings is 1. The maximum absolute atomic E-state index is 13.1. The number of halogens is 4. The molecule has 0 spiro atoms. The number of carbonyl (C=O) groups excluding carboxylic acids is 1. The number of alkyl halides is 3. The molecule has 0 unspecified atom stereocenters. The molecule has 1 amide bonds. The first-order chi connectivity index (χ1) is 12.3. The highest BCUT2D eigenvalue weighted by atomic mass is 35.5. The quantitative estimate of drug-likeness (QED) is 0.863. The highest BCUT2D eigenvalue weighted by Gasteiger charge is 2.36. The maximum atomic E-state index is 13.1. The number of hydrogen-bond acceptors (Lipinski definition) is 4. The van der Waals surface area contributed by atoms with E-state index in [0.717, 1.165) is 6.07 Å². The Morgan fingerprint density at radius 1 is 1.15 bits per heavy atom. The minimum absolute atomic E-state index is 0.271. The molecule has 1 aromatic heterocycles. The largest absolute Gasteiger partial charge is 0.417 e. The zero-order chi connectivity index (χ0) is 18.9. The Kier molecular flexibility index (Phi) is 4.95. The molecule has 0 atom stereocenters. The molecule has 2 heterocycles. The van der Waals surface area contributed by atoms with Gasteiger partial charge < -0.3 is 15.5 Å². The lowest BCUT2D eigenvalue weighted by molar-refractivity contribution is -0.138. The fraction of sp³-hybridized carbons (Fsp3) is 0.294. The molecule has 5 nitrogen and oxygen atoms in total. The average molecular weight is 385 g/mol. The zero-order valence-electron chi connectivity index (χ0n) is 13.6. The van der Waals surface area contributed by atoms with Crippen LogP contribution in [0.2, 0.25) is 5.02 Å². The standard InChI is InChI=1S/C17H16ClF3N4O/c18-14-9-11(22)10-23-15(14)24-5-7-25(8-6-24)16(26)12-3-1-2-4-13(12)17(19,20)21/h1-4,9-10H,5-8,22H2. The third kappa shape index (κ3) is 3.70. The maximum Gasteiger partial charge on any atom is 0.417 e. The molecule has 1 aromatic carbocycles. The van der Waals surface area contributed by atoms with Crippen LogP contribution in [0.5, 0.6) is 0 Å². The Morgan fingerprint density at radius 2 is 1.81 bits per heavy atom. The van der Waals surface area contributed by atoms with Crippen molar-refractivity contribution in [2.24, 2.45) is 0 Å². The van der Waals surface area contributed by atoms with Crippen LogP contribution in [-0.2, 0) is 6.18 Å². The van der Waals surface area contributed by atoms with E-state index in [0.29, 0.717) is 29.6 Å². The summed E-state index contributed by atoms with van der Waals surface area (Å²) in [6.07, 6.45) is -3.09. The van der Waals surface area contributed by atoms with Crippen LogP contribution in [0.1, 0.15) is 15.9 Å². The third-order valence-electron chi connectivity index (χ3n) is 4.17. The number of carbonyl (C=O) groups is 1. The van der Waals surface area contributed by atoms with Crippen molar-refractivity contribution in [3.05, 3.63) is 52.7 Å². The second-order valence-electron chi connectivity index (χ2n) is 5.90. The molecule has 0 bridgehead atoms. The second kappa shape index (κ2) is 7.03. The molecule has 2 aromatic rings. The minimum Gasteiger partial charge on any atom is -0.397 e. The lowest BCUT2D eigenvalue weighted by Crippen LogP contribution is -2.49. The Labute approximate surface area is 153 Å². The molecule has 2 N–H and O–H groups in total. The second-order valence-corrected chi connectivity index (χ2v) is 6.30. The lowest BCUT2D eigenvalue weighted by atomic mass is 10.1. The van der Waals surface area contributed by atoms with Gasteiger partial charge in [0, 0.05) is 26.2 Å². The summed E-state index contributed by atoms with van der Waals surface area (Å²) >= 11 is 6.14. The molecule has 9 heteroatoms. The zero-order valence-corrected chi connectivity index (χ0v) is 14.4. The van der Waals surface area contributed by atoms with E-state index in [2.05, 4.69) is 4.98 Å². The van der Waals surface area contributed by atoms with E-state index in [1.807, 2.05) is 4.90 Å². The fourth-order valence-corrected chi connectivity index (χ4v) is 3.18. The Hall–Kier alpha value is -2.48. The number of nitrogens with zero attached hydrogens (tertiary/aromatic N) is 3. The van der Waals surface area contributed by atoms with Crippen LogP contribution in [0.25, 0.3) is 0 Å². The molecule has 0 radical (unpaired) electrons. The smallest absolute Gasteiger partial charge is 0.397 e. The summed E-state index contributed by atoms with van der Waals surface area (Å²) in [5.74, 6) is -0.0856. The van der Waals surface area contributed by atoms with Gasteiger partial charge in [-0.15, -0.1) is 0 Å². The molecule has 1 aliphatic heterocycles. The van der Waals surface area contributed by atoms with Gasteiger partial charge in [-0.3, -0.25) is 4.79 Å². The Bertz CT molecular complexity index is 820. The van der Waals surface area contributed by atoms with Crippen molar-refractivity contribution in [3.63, 3.8) is 0 Å². The van der Waals surface area contributed by atoms with Gasteiger partial charge in [0.1, 0.15) is 5.82 Å². The summed E-state index contributed by atoms with van der Waals surface area (Å²) in [6.45, 7) is 1.37. The molecular weight excluding hydrogens is 369 g/mol. The SMILES string of the molecule is Nc1cnc(N2CCN(C(=O)c3ccccc3C(F)(F)F)CC2)c(Cl)c1. The molecule has 1 saturated heterocycles. The van der Waals surface area contributed by atoms with Gasteiger partial charge >= 0.3 is 6.18 Å². The average Bonchev–Trinajstić information content (AvgIpc) is 2.61. The monoisotopic (exact) mass is 384 g/mol. The van der Waals surface area contributed by atoms with Crippen LogP contribution in [0.3, 0.4) is 0 Å². The van der Waals surface area contributed by atoms with Crippen molar-refractivity contribution in [2.75, 3.05) is 36.8 Å². The third-order valence-corrected chi connectivity index (χ3v) is 4.45. The van der Waals surface area contributed by atoms with Gasteiger partial charge in [-0.2, -0.15) is 13.2 Å². The summed E-state index contributed by atoms with van der Waals surface area (Å²) in [4.78, 5) is 20.0. The minimum atomic E-state index is -4.57. The van der Waals surface area contributed by atoms with Crippen LogP contribution in [0.4, 0.5) is 24.7 Å². The van der Waals surface area contributed by atoms with Crippen molar-refractivity contribution < 1.29 is 18.0 Å². The molecule has 0 aliphatic carbocycles. The molecule has 0 saturated carbocycles. The van der Waals surface area contributed by atoms with E-state index in [4.69, 9.17) is 17.3 Å². The topological polar surface area (TPSA) is 62.5 Å². The van der Waals surface area contributed by atoms with E-state index in [9.17, 15) is 18.0 Å². The number of benzene rings is 1. The van der Waals surface area contributed by atoms with Crippen molar-refractivity contribution in [1.29, 1.82) is 0 Å². The Balaban J connectivity index is 1.74. The van der Waals surface area contributed by atoms with Gasteiger partial charge in [-0.1, -0.05) is 23.7 Å². The molecule has 1 fully saturated rings. The summed E-state index contributed by atoms with van der Waals surface area (Å²) in [7, 11) is 0. The van der Waals surface area contributed by atoms with E-state index in [-0.39, 0.29) is 18.7 Å². The number of amides is 1. The summed E-state index contributed by atoms with van der Waals surface area (Å²) in [5, 5.41) is 0.396. The lowest BCUT2D eigenvalue weighted by Gasteiger charge is -2.36. The highest BCUT2D eigenvalue weighted by molar-refractivity contribution is 6.33. The number of rotatable bonds is 2. The summed E-state index contributed by atoms with van der Waals surface area (Å²) in [5.41, 5.74) is 4.81. The fourth-order valence-electron chi connectivity index (χ4n) is 2.89. The van der Waals surface area contributed by atoms with Gasteiger partial charge in [-0.25, -0.2) is 4.98 Å². The first-order valence-electron chi connectivity index (χ1n) is 7.89. The van der Waals surface area contributed by atoms with Crippen LogP contribution < -0.4 is 10.6 Å². The number of hydrogen-bond donors (Lipinski definition) is 1. The first-order valence-corrected chi connectivity index (χ1v) is 8.26. The van der Waals surface area contributed by atoms with Crippen LogP contribution in [0.15, 0.2) is 36.5 Å². The number of nitrogens with two attached hydrogens (primary N) is 1. The molecule has 26 heavy (non-hydrogen) atoms. The van der Waals surface area contributed by atoms with Gasteiger partial charge in [0.05, 0.1) is 28.0 Å². The summed E-state index contributed by atoms with van der Waals surface area (Å²) < 4.78 is 39.4.